The van der Waals surface area contributed by atoms with Gasteiger partial charge in [-0.2, -0.15) is 0 Å². The summed E-state index contributed by atoms with van der Waals surface area (Å²) >= 11 is 0. The largest absolute Gasteiger partial charge is 0.493 e. The number of benzene rings is 3. The van der Waals surface area contributed by atoms with E-state index in [0.29, 0.717) is 13.6 Å². The number of hydrogen-bond acceptors (Lipinski definition) is 6. The smallest absolute Gasteiger partial charge is 0.231 e. The zero-order chi connectivity index (χ0) is 21.9. The van der Waals surface area contributed by atoms with Crippen LogP contribution in [0.25, 0.3) is 0 Å². The third kappa shape index (κ3) is 4.13. The van der Waals surface area contributed by atoms with Crippen LogP contribution in [0.5, 0.6) is 34.5 Å². The second-order valence-corrected chi connectivity index (χ2v) is 7.85. The van der Waals surface area contributed by atoms with Crippen molar-refractivity contribution in [3.05, 3.63) is 70.8 Å². The average molecular weight is 434 g/mol. The Morgan fingerprint density at radius 3 is 1.44 bits per heavy atom. The van der Waals surface area contributed by atoms with Gasteiger partial charge in [-0.3, -0.25) is 0 Å². The van der Waals surface area contributed by atoms with E-state index in [-0.39, 0.29) is 0 Å². The van der Waals surface area contributed by atoms with Crippen LogP contribution in [0.2, 0.25) is 0 Å². The van der Waals surface area contributed by atoms with Gasteiger partial charge in [0.15, 0.2) is 34.5 Å². The molecule has 166 valence electrons. The Hall–Kier alpha value is -3.54. The van der Waals surface area contributed by atoms with Gasteiger partial charge in [0.1, 0.15) is 0 Å². The van der Waals surface area contributed by atoms with Crippen LogP contribution in [0.3, 0.4) is 0 Å². The summed E-state index contributed by atoms with van der Waals surface area (Å²) in [6.07, 6.45) is 3.55. The van der Waals surface area contributed by atoms with Crippen LogP contribution in [-0.2, 0) is 25.7 Å². The van der Waals surface area contributed by atoms with Crippen molar-refractivity contribution in [2.24, 2.45) is 0 Å². The zero-order valence-corrected chi connectivity index (χ0v) is 18.3. The minimum absolute atomic E-state index is 0.290. The SMILES string of the molecule is COc1cc(CCc2ccc3c(c2)OCO3)c(CCc2ccc3c(c2)OCO3)cc1OC. The molecule has 6 heteroatoms. The first-order valence-electron chi connectivity index (χ1n) is 10.7. The molecule has 2 aliphatic rings. The highest BCUT2D eigenvalue weighted by atomic mass is 16.7. The van der Waals surface area contributed by atoms with Gasteiger partial charge in [0.25, 0.3) is 0 Å². The molecule has 6 nitrogen and oxygen atoms in total. The quantitative estimate of drug-likeness (QED) is 0.511. The summed E-state index contributed by atoms with van der Waals surface area (Å²) in [7, 11) is 3.34. The van der Waals surface area contributed by atoms with Crippen molar-refractivity contribution >= 4 is 0 Å². The molecule has 5 rings (SSSR count). The minimum Gasteiger partial charge on any atom is -0.493 e. The van der Waals surface area contributed by atoms with Crippen LogP contribution in [0.1, 0.15) is 22.3 Å². The Morgan fingerprint density at radius 2 is 1.00 bits per heavy atom. The summed E-state index contributed by atoms with van der Waals surface area (Å²) in [5, 5.41) is 0. The third-order valence-corrected chi connectivity index (χ3v) is 5.95. The fraction of sp³-hybridized carbons (Fsp3) is 0.308. The first-order valence-corrected chi connectivity index (χ1v) is 10.7. The van der Waals surface area contributed by atoms with E-state index < -0.39 is 0 Å². The van der Waals surface area contributed by atoms with Gasteiger partial charge in [-0.1, -0.05) is 12.1 Å². The lowest BCUT2D eigenvalue weighted by Gasteiger charge is -2.15. The third-order valence-electron chi connectivity index (χ3n) is 5.95. The first kappa shape index (κ1) is 20.4. The fourth-order valence-corrected chi connectivity index (χ4v) is 4.18. The van der Waals surface area contributed by atoms with E-state index in [1.54, 1.807) is 14.2 Å². The van der Waals surface area contributed by atoms with E-state index in [1.807, 2.05) is 12.1 Å². The predicted octanol–water partition coefficient (Wildman–Crippen LogP) is 4.73. The molecule has 0 amide bonds. The lowest BCUT2D eigenvalue weighted by molar-refractivity contribution is 0.173. The Bertz CT molecular complexity index is 1040. The van der Waals surface area contributed by atoms with E-state index in [2.05, 4.69) is 36.4 Å². The van der Waals surface area contributed by atoms with E-state index in [0.717, 1.165) is 60.2 Å². The summed E-state index contributed by atoms with van der Waals surface area (Å²) in [6.45, 7) is 0.580. The molecule has 3 aromatic carbocycles. The molecular formula is C26H26O6. The zero-order valence-electron chi connectivity index (χ0n) is 18.3. The summed E-state index contributed by atoms with van der Waals surface area (Å²) in [4.78, 5) is 0. The van der Waals surface area contributed by atoms with Crippen molar-refractivity contribution in [3.63, 3.8) is 0 Å². The van der Waals surface area contributed by atoms with Crippen molar-refractivity contribution in [1.82, 2.24) is 0 Å². The molecule has 0 bridgehead atoms. The molecule has 0 unspecified atom stereocenters. The number of hydrogen-bond donors (Lipinski definition) is 0. The number of fused-ring (bicyclic) bond motifs is 2. The molecule has 2 heterocycles. The summed E-state index contributed by atoms with van der Waals surface area (Å²) in [6, 6.07) is 16.5. The monoisotopic (exact) mass is 434 g/mol. The minimum atomic E-state index is 0.290. The van der Waals surface area contributed by atoms with Crippen LogP contribution in [0.15, 0.2) is 48.5 Å². The Morgan fingerprint density at radius 1 is 0.562 bits per heavy atom. The van der Waals surface area contributed by atoms with Gasteiger partial charge in [-0.15, -0.1) is 0 Å². The summed E-state index contributed by atoms with van der Waals surface area (Å²) < 4.78 is 33.0. The molecular weight excluding hydrogens is 408 g/mol. The number of ether oxygens (including phenoxy) is 6. The average Bonchev–Trinajstić information content (AvgIpc) is 3.49. The predicted molar refractivity (Wildman–Crippen MR) is 119 cm³/mol. The molecule has 2 aliphatic heterocycles. The maximum absolute atomic E-state index is 5.57. The van der Waals surface area contributed by atoms with Gasteiger partial charge < -0.3 is 28.4 Å². The molecule has 0 saturated carbocycles. The van der Waals surface area contributed by atoms with Crippen LogP contribution >= 0.6 is 0 Å². The van der Waals surface area contributed by atoms with E-state index in [9.17, 15) is 0 Å². The lowest BCUT2D eigenvalue weighted by Crippen LogP contribution is -2.02. The van der Waals surface area contributed by atoms with Crippen LogP contribution in [0, 0.1) is 0 Å². The van der Waals surface area contributed by atoms with E-state index >= 15 is 0 Å². The molecule has 0 atom stereocenters. The number of methoxy groups -OCH3 is 2. The highest BCUT2D eigenvalue weighted by molar-refractivity contribution is 5.49. The molecule has 0 fully saturated rings. The highest BCUT2D eigenvalue weighted by Crippen LogP contribution is 2.36. The Labute approximate surface area is 187 Å². The second-order valence-electron chi connectivity index (χ2n) is 7.85. The Balaban J connectivity index is 1.35. The molecule has 0 radical (unpaired) electrons. The van der Waals surface area contributed by atoms with Crippen LogP contribution in [0.4, 0.5) is 0 Å². The first-order chi connectivity index (χ1) is 15.7. The molecule has 0 saturated heterocycles. The highest BCUT2D eigenvalue weighted by Gasteiger charge is 2.16. The van der Waals surface area contributed by atoms with Gasteiger partial charge in [0, 0.05) is 0 Å². The van der Waals surface area contributed by atoms with Crippen molar-refractivity contribution in [2.45, 2.75) is 25.7 Å². The standard InChI is InChI=1S/C26H26O6/c1-27-23-13-19(7-3-17-5-9-21-25(11-17)31-15-29-21)20(14-24(23)28-2)8-4-18-6-10-22-26(12-18)32-16-30-22/h5-6,9-14H,3-4,7-8,15-16H2,1-2H3. The fourth-order valence-electron chi connectivity index (χ4n) is 4.18. The Kier molecular flexibility index (Phi) is 5.67. The maximum atomic E-state index is 5.57. The van der Waals surface area contributed by atoms with Gasteiger partial charge in [0.2, 0.25) is 13.6 Å². The molecule has 3 aromatic rings. The van der Waals surface area contributed by atoms with Gasteiger partial charge >= 0.3 is 0 Å². The van der Waals surface area contributed by atoms with Crippen LogP contribution in [-0.4, -0.2) is 27.8 Å². The van der Waals surface area contributed by atoms with E-state index in [4.69, 9.17) is 28.4 Å². The topological polar surface area (TPSA) is 55.4 Å². The van der Waals surface area contributed by atoms with Gasteiger partial charge in [-0.05, 0) is 84.3 Å². The molecule has 0 aliphatic carbocycles. The van der Waals surface area contributed by atoms with Crippen molar-refractivity contribution in [3.8, 4) is 34.5 Å². The molecule has 32 heavy (non-hydrogen) atoms. The van der Waals surface area contributed by atoms with Gasteiger partial charge in [0.05, 0.1) is 14.2 Å². The normalized spacial score (nSPS) is 13.3. The number of aryl methyl sites for hydroxylation is 4. The molecule has 0 N–H and O–H groups in total. The van der Waals surface area contributed by atoms with E-state index in [1.165, 1.54) is 22.3 Å². The summed E-state index contributed by atoms with van der Waals surface area (Å²) in [5.41, 5.74) is 4.93. The summed E-state index contributed by atoms with van der Waals surface area (Å²) in [5.74, 6) is 4.75. The van der Waals surface area contributed by atoms with Crippen molar-refractivity contribution < 1.29 is 28.4 Å². The lowest BCUT2D eigenvalue weighted by atomic mass is 9.94. The van der Waals surface area contributed by atoms with Crippen molar-refractivity contribution in [2.75, 3.05) is 27.8 Å². The van der Waals surface area contributed by atoms with Gasteiger partial charge in [-0.25, -0.2) is 0 Å². The van der Waals surface area contributed by atoms with Crippen molar-refractivity contribution in [1.29, 1.82) is 0 Å². The second kappa shape index (κ2) is 8.91. The molecule has 0 aromatic heterocycles. The number of rotatable bonds is 8. The molecule has 0 spiro atoms. The van der Waals surface area contributed by atoms with Crippen LogP contribution < -0.4 is 28.4 Å². The maximum Gasteiger partial charge on any atom is 0.231 e.